The van der Waals surface area contributed by atoms with E-state index in [1.807, 2.05) is 0 Å². The lowest BCUT2D eigenvalue weighted by Crippen LogP contribution is -1.92. The monoisotopic (exact) mass is 144 g/mol. The molecule has 0 aromatic heterocycles. The minimum atomic E-state index is 0.0629. The van der Waals surface area contributed by atoms with Crippen molar-refractivity contribution in [2.45, 2.75) is 0 Å². The molecular formula is C7H12OS. The van der Waals surface area contributed by atoms with Crippen LogP contribution in [0.5, 0.6) is 0 Å². The summed E-state index contributed by atoms with van der Waals surface area (Å²) < 4.78 is 4.95. The van der Waals surface area contributed by atoms with Gasteiger partial charge in [0.05, 0.1) is 6.61 Å². The van der Waals surface area contributed by atoms with Crippen LogP contribution in [0.2, 0.25) is 0 Å². The lowest BCUT2D eigenvalue weighted by molar-refractivity contribution is 0.218. The average molecular weight is 144 g/mol. The number of hydrogen-bond donors (Lipinski definition) is 1. The molecular weight excluding hydrogens is 132 g/mol. The number of allylic oxidation sites excluding steroid dienone is 2. The van der Waals surface area contributed by atoms with Crippen LogP contribution in [0.1, 0.15) is 0 Å². The van der Waals surface area contributed by atoms with Crippen molar-refractivity contribution in [2.75, 3.05) is 19.5 Å². The third kappa shape index (κ3) is 2.24. The molecule has 0 amide bonds. The van der Waals surface area contributed by atoms with Gasteiger partial charge in [-0.3, -0.25) is 0 Å². The molecule has 52 valence electrons. The fraction of sp³-hybridized carbons (Fsp3) is 0.429. The molecule has 0 saturated carbocycles. The van der Waals surface area contributed by atoms with E-state index in [1.54, 1.807) is 7.11 Å². The molecule has 9 heavy (non-hydrogen) atoms. The Kier molecular flexibility index (Phi) is 2.87. The first-order valence-electron chi connectivity index (χ1n) is 3.03. The largest absolute Gasteiger partial charge is 0.384 e. The van der Waals surface area contributed by atoms with Crippen LogP contribution in [-0.2, 0) is 4.74 Å². The van der Waals surface area contributed by atoms with E-state index in [0.717, 1.165) is 6.61 Å². The van der Waals surface area contributed by atoms with Crippen molar-refractivity contribution in [3.8, 4) is 0 Å². The van der Waals surface area contributed by atoms with Gasteiger partial charge in [-0.05, 0) is 10.8 Å². The molecule has 0 aromatic rings. The Balaban J connectivity index is 2.13. The highest BCUT2D eigenvalue weighted by Crippen LogP contribution is 2.31. The van der Waals surface area contributed by atoms with Crippen molar-refractivity contribution >= 4 is 10.9 Å². The van der Waals surface area contributed by atoms with Crippen LogP contribution < -0.4 is 0 Å². The third-order valence-corrected chi connectivity index (χ3v) is 3.03. The summed E-state index contributed by atoms with van der Waals surface area (Å²) in [7, 11) is 1.81. The number of thiol groups is 1. The number of rotatable bonds is 3. The molecule has 0 atom stereocenters. The van der Waals surface area contributed by atoms with Gasteiger partial charge in [-0.2, -0.15) is 0 Å². The zero-order valence-electron chi connectivity index (χ0n) is 5.58. The summed E-state index contributed by atoms with van der Waals surface area (Å²) in [4.78, 5) is 0. The van der Waals surface area contributed by atoms with Gasteiger partial charge in [0.15, 0.2) is 0 Å². The van der Waals surface area contributed by atoms with E-state index in [1.165, 1.54) is 5.75 Å². The molecule has 1 aliphatic heterocycles. The number of ether oxygens (including phenoxy) is 1. The maximum atomic E-state index is 4.95. The highest BCUT2D eigenvalue weighted by Gasteiger charge is 1.96. The molecule has 0 saturated heterocycles. The Hall–Kier alpha value is -0.210. The lowest BCUT2D eigenvalue weighted by atomic mass is 10.6. The van der Waals surface area contributed by atoms with Crippen molar-refractivity contribution in [1.29, 1.82) is 0 Å². The molecule has 0 spiro atoms. The second kappa shape index (κ2) is 3.75. The Morgan fingerprint density at radius 2 is 2.00 bits per heavy atom. The molecule has 1 heterocycles. The average Bonchev–Trinajstić information content (AvgIpc) is 2.34. The first-order chi connectivity index (χ1) is 4.43. The summed E-state index contributed by atoms with van der Waals surface area (Å²) in [5.74, 6) is 1.18. The highest BCUT2D eigenvalue weighted by molar-refractivity contribution is 8.22. The van der Waals surface area contributed by atoms with Crippen molar-refractivity contribution in [1.82, 2.24) is 0 Å². The maximum absolute atomic E-state index is 4.95. The second-order valence-electron chi connectivity index (χ2n) is 1.91. The third-order valence-electron chi connectivity index (χ3n) is 1.22. The van der Waals surface area contributed by atoms with Gasteiger partial charge in [-0.25, -0.2) is 10.9 Å². The van der Waals surface area contributed by atoms with Gasteiger partial charge in [0.2, 0.25) is 0 Å². The van der Waals surface area contributed by atoms with Crippen LogP contribution >= 0.6 is 10.9 Å². The van der Waals surface area contributed by atoms with E-state index in [0.29, 0.717) is 0 Å². The van der Waals surface area contributed by atoms with Crippen molar-refractivity contribution < 1.29 is 4.74 Å². The lowest BCUT2D eigenvalue weighted by Gasteiger charge is -2.06. The molecule has 0 radical (unpaired) electrons. The molecule has 0 bridgehead atoms. The van der Waals surface area contributed by atoms with Crippen LogP contribution in [-0.4, -0.2) is 19.5 Å². The van der Waals surface area contributed by atoms with Crippen molar-refractivity contribution in [3.63, 3.8) is 0 Å². The van der Waals surface area contributed by atoms with Crippen LogP contribution in [0, 0.1) is 0 Å². The molecule has 0 aromatic carbocycles. The predicted octanol–water partition coefficient (Wildman–Crippen LogP) is 1.68. The van der Waals surface area contributed by atoms with Crippen LogP contribution in [0.25, 0.3) is 0 Å². The smallest absolute Gasteiger partial charge is 0.0541 e. The van der Waals surface area contributed by atoms with Crippen molar-refractivity contribution in [3.05, 3.63) is 23.0 Å². The molecule has 2 heteroatoms. The molecule has 1 aliphatic rings. The second-order valence-corrected chi connectivity index (χ2v) is 3.99. The molecule has 1 rings (SSSR count). The molecule has 0 fully saturated rings. The van der Waals surface area contributed by atoms with Crippen LogP contribution in [0.4, 0.5) is 0 Å². The standard InChI is InChI=1S/C7H12OS/c1-8-4-7-9-5-2-3-6-9/h2-3,5-6,9H,4,7H2,1H3. The predicted molar refractivity (Wildman–Crippen MR) is 44.0 cm³/mol. The molecule has 1 nitrogen and oxygen atoms in total. The number of methoxy groups -OCH3 is 1. The summed E-state index contributed by atoms with van der Waals surface area (Å²) in [5, 5.41) is 4.52. The maximum Gasteiger partial charge on any atom is 0.0541 e. The Bertz CT molecular complexity index is 117. The van der Waals surface area contributed by atoms with E-state index >= 15 is 0 Å². The molecule has 0 unspecified atom stereocenters. The van der Waals surface area contributed by atoms with Gasteiger partial charge in [0, 0.05) is 12.9 Å². The summed E-state index contributed by atoms with van der Waals surface area (Å²) in [5.41, 5.74) is 0. The Morgan fingerprint density at radius 3 is 2.56 bits per heavy atom. The summed E-state index contributed by atoms with van der Waals surface area (Å²) >= 11 is 0. The molecule has 0 N–H and O–H groups in total. The van der Waals surface area contributed by atoms with Gasteiger partial charge in [0.1, 0.15) is 0 Å². The first kappa shape index (κ1) is 6.90. The van der Waals surface area contributed by atoms with Gasteiger partial charge in [-0.1, -0.05) is 12.2 Å². The normalized spacial score (nSPS) is 19.4. The van der Waals surface area contributed by atoms with Gasteiger partial charge in [0.25, 0.3) is 0 Å². The van der Waals surface area contributed by atoms with Gasteiger partial charge >= 0.3 is 0 Å². The Morgan fingerprint density at radius 1 is 1.33 bits per heavy atom. The van der Waals surface area contributed by atoms with E-state index in [4.69, 9.17) is 4.74 Å². The SMILES string of the molecule is COCC[SH]1C=CC=C1. The van der Waals surface area contributed by atoms with Crippen LogP contribution in [0.3, 0.4) is 0 Å². The highest BCUT2D eigenvalue weighted by atomic mass is 32.2. The fourth-order valence-electron chi connectivity index (χ4n) is 0.716. The Labute approximate surface area is 58.7 Å². The van der Waals surface area contributed by atoms with Crippen molar-refractivity contribution in [2.24, 2.45) is 0 Å². The molecule has 0 aliphatic carbocycles. The van der Waals surface area contributed by atoms with E-state index in [9.17, 15) is 0 Å². The zero-order valence-corrected chi connectivity index (χ0v) is 6.47. The van der Waals surface area contributed by atoms with Gasteiger partial charge < -0.3 is 4.74 Å². The first-order valence-corrected chi connectivity index (χ1v) is 4.69. The summed E-state index contributed by atoms with van der Waals surface area (Å²) in [6.07, 6.45) is 4.22. The number of hydrogen-bond acceptors (Lipinski definition) is 1. The minimum Gasteiger partial charge on any atom is -0.384 e. The summed E-state index contributed by atoms with van der Waals surface area (Å²) in [6, 6.07) is 0. The summed E-state index contributed by atoms with van der Waals surface area (Å²) in [6.45, 7) is 0.889. The van der Waals surface area contributed by atoms with Gasteiger partial charge in [-0.15, -0.1) is 0 Å². The van der Waals surface area contributed by atoms with E-state index < -0.39 is 0 Å². The quantitative estimate of drug-likeness (QED) is 0.593. The van der Waals surface area contributed by atoms with E-state index in [-0.39, 0.29) is 10.9 Å². The van der Waals surface area contributed by atoms with E-state index in [2.05, 4.69) is 23.0 Å². The van der Waals surface area contributed by atoms with Crippen LogP contribution in [0.15, 0.2) is 23.0 Å². The topological polar surface area (TPSA) is 9.23 Å². The minimum absolute atomic E-state index is 0.0629. The fourth-order valence-corrected chi connectivity index (χ4v) is 2.15. The zero-order chi connectivity index (χ0) is 6.53.